The first-order chi connectivity index (χ1) is 11.2. The van der Waals surface area contributed by atoms with Crippen molar-refractivity contribution in [3.05, 3.63) is 0 Å². The Morgan fingerprint density at radius 2 is 1.68 bits per heavy atom. The van der Waals surface area contributed by atoms with Gasteiger partial charge in [0.1, 0.15) is 18.8 Å². The SMILES string of the molecule is CNC[C](=O)[Fe+].C[N+](C)(C)CCOC(=O)CC(O)(CC(=O)[O-])C(=O)[O-]. The van der Waals surface area contributed by atoms with Crippen LogP contribution in [0.1, 0.15) is 12.8 Å². The van der Waals surface area contributed by atoms with Gasteiger partial charge in [0.2, 0.25) is 0 Å². The minimum absolute atomic E-state index is 0.0246. The number of nitrogens with one attached hydrogen (secondary N) is 1. The third-order valence-corrected chi connectivity index (χ3v) is 2.79. The van der Waals surface area contributed by atoms with Crippen molar-refractivity contribution in [3.63, 3.8) is 0 Å². The van der Waals surface area contributed by atoms with E-state index in [0.29, 0.717) is 17.6 Å². The summed E-state index contributed by atoms with van der Waals surface area (Å²) in [6, 6.07) is 0. The van der Waals surface area contributed by atoms with E-state index in [0.717, 1.165) is 0 Å². The van der Waals surface area contributed by atoms with Crippen molar-refractivity contribution in [2.75, 3.05) is 47.9 Å². The van der Waals surface area contributed by atoms with Gasteiger partial charge in [-0.2, -0.15) is 0 Å². The number of esters is 1. The first-order valence-electron chi connectivity index (χ1n) is 7.15. The van der Waals surface area contributed by atoms with Crippen molar-refractivity contribution in [2.45, 2.75) is 18.4 Å². The number of aliphatic carboxylic acids is 2. The number of rotatable bonds is 10. The van der Waals surface area contributed by atoms with Crippen LogP contribution in [0.4, 0.5) is 0 Å². The molecule has 0 heterocycles. The van der Waals surface area contributed by atoms with Crippen LogP contribution in [0.25, 0.3) is 0 Å². The van der Waals surface area contributed by atoms with Crippen LogP contribution in [0.15, 0.2) is 0 Å². The quantitative estimate of drug-likeness (QED) is 0.208. The van der Waals surface area contributed by atoms with Crippen LogP contribution in [0.2, 0.25) is 0 Å². The summed E-state index contributed by atoms with van der Waals surface area (Å²) in [5, 5.41) is 33.1. The number of hydrogen-bond acceptors (Lipinski definition) is 9. The molecule has 0 radical (unpaired) electrons. The minimum atomic E-state index is -2.81. The molecule has 0 aliphatic rings. The Labute approximate surface area is 154 Å². The van der Waals surface area contributed by atoms with Gasteiger partial charge in [0, 0.05) is 12.4 Å². The summed E-state index contributed by atoms with van der Waals surface area (Å²) in [4.78, 5) is 42.2. The van der Waals surface area contributed by atoms with Crippen molar-refractivity contribution in [1.82, 2.24) is 5.32 Å². The second-order valence-corrected chi connectivity index (χ2v) is 6.77. The number of hydrogen-bond donors (Lipinski definition) is 2. The van der Waals surface area contributed by atoms with Gasteiger partial charge in [-0.15, -0.1) is 0 Å². The number of carboxylic acid groups (broad SMARTS) is 2. The Hall–Kier alpha value is -1.52. The molecule has 0 aromatic carbocycles. The summed E-state index contributed by atoms with van der Waals surface area (Å²) in [5.41, 5.74) is -2.81. The molecular formula is C14H24FeN2O8. The number of carbonyl (C=O) groups is 4. The number of aliphatic hydroxyl groups is 1. The van der Waals surface area contributed by atoms with Gasteiger partial charge in [0.25, 0.3) is 0 Å². The minimum Gasteiger partial charge on any atom is -0.550 e. The van der Waals surface area contributed by atoms with E-state index in [1.54, 1.807) is 7.05 Å². The van der Waals surface area contributed by atoms with Crippen molar-refractivity contribution < 1.29 is 59.7 Å². The number of carbonyl (C=O) groups excluding carboxylic acids is 4. The third kappa shape index (κ3) is 15.7. The van der Waals surface area contributed by atoms with Gasteiger partial charge in [-0.3, -0.25) is 4.79 Å². The Balaban J connectivity index is 0. The van der Waals surface area contributed by atoms with Crippen molar-refractivity contribution in [1.29, 1.82) is 0 Å². The molecule has 0 spiro atoms. The maximum atomic E-state index is 11.3. The van der Waals surface area contributed by atoms with E-state index >= 15 is 0 Å². The fourth-order valence-corrected chi connectivity index (χ4v) is 1.50. The first kappa shape index (κ1) is 25.7. The summed E-state index contributed by atoms with van der Waals surface area (Å²) in [5.74, 6) is -4.87. The molecule has 1 unspecified atom stereocenters. The van der Waals surface area contributed by atoms with E-state index in [9.17, 15) is 34.5 Å². The van der Waals surface area contributed by atoms with Crippen molar-refractivity contribution in [3.8, 4) is 0 Å². The molecule has 146 valence electrons. The van der Waals surface area contributed by atoms with Gasteiger partial charge in [0.15, 0.2) is 0 Å². The summed E-state index contributed by atoms with van der Waals surface area (Å²) in [6.45, 7) is 0.882. The number of nitrogens with zero attached hydrogens (tertiary/aromatic N) is 1. The summed E-state index contributed by atoms with van der Waals surface area (Å²) >= 11 is 3.13. The van der Waals surface area contributed by atoms with E-state index in [1.165, 1.54) is 0 Å². The monoisotopic (exact) mass is 404 g/mol. The van der Waals surface area contributed by atoms with Crippen LogP contribution in [0.3, 0.4) is 0 Å². The predicted molar refractivity (Wildman–Crippen MR) is 77.0 cm³/mol. The second-order valence-electron chi connectivity index (χ2n) is 6.15. The molecule has 2 N–H and O–H groups in total. The number of ether oxygens (including phenoxy) is 1. The predicted octanol–water partition coefficient (Wildman–Crippen LogP) is -4.47. The topological polar surface area (TPSA) is 156 Å². The normalized spacial score (nSPS) is 13.0. The standard InChI is InChI=1S/C11H19NO7.C3H6NO.Fe/c1-12(2,3)4-5-19-9(15)7-11(18,10(16)17)6-8(13)14;1-4-2-3-5;/h18H,4-7H2,1-3H3,(H-,13,14,16,17);4H,2H2,1H3;/q;;+1/p-1. The summed E-state index contributed by atoms with van der Waals surface area (Å²) in [6.07, 6.45) is -2.24. The molecular weight excluding hydrogens is 380 g/mol. The molecule has 11 heteroatoms. The van der Waals surface area contributed by atoms with E-state index < -0.39 is 36.4 Å². The molecule has 25 heavy (non-hydrogen) atoms. The van der Waals surface area contributed by atoms with Gasteiger partial charge in [-0.05, 0) is 0 Å². The maximum absolute atomic E-state index is 11.3. The van der Waals surface area contributed by atoms with Crippen LogP contribution in [-0.4, -0.2) is 85.7 Å². The van der Waals surface area contributed by atoms with Crippen LogP contribution in [0, 0.1) is 0 Å². The number of likely N-dealkylation sites (N-methyl/N-ethyl adjacent to an activating group) is 2. The Morgan fingerprint density at radius 3 is 1.96 bits per heavy atom. The Bertz CT molecular complexity index is 478. The molecule has 0 amide bonds. The van der Waals surface area contributed by atoms with Gasteiger partial charge >= 0.3 is 50.4 Å². The van der Waals surface area contributed by atoms with E-state index in [2.05, 4.69) is 21.3 Å². The van der Waals surface area contributed by atoms with E-state index in [4.69, 9.17) is 4.74 Å². The molecule has 0 aliphatic carbocycles. The van der Waals surface area contributed by atoms with Crippen LogP contribution >= 0.6 is 0 Å². The molecule has 0 aliphatic heterocycles. The molecule has 0 aromatic rings. The van der Waals surface area contributed by atoms with Gasteiger partial charge in [0.05, 0.1) is 33.5 Å². The van der Waals surface area contributed by atoms with Gasteiger partial charge in [-0.25, -0.2) is 0 Å². The molecule has 1 atom stereocenters. The molecule has 0 fully saturated rings. The fraction of sp³-hybridized carbons (Fsp3) is 0.714. The van der Waals surface area contributed by atoms with Gasteiger partial charge in [-0.1, -0.05) is 0 Å². The molecule has 0 rings (SSSR count). The molecule has 0 bridgehead atoms. The van der Waals surface area contributed by atoms with Crippen LogP contribution in [-0.2, 0) is 39.9 Å². The summed E-state index contributed by atoms with van der Waals surface area (Å²) < 4.78 is 5.18. The van der Waals surface area contributed by atoms with Gasteiger partial charge < -0.3 is 34.1 Å². The van der Waals surface area contributed by atoms with Crippen molar-refractivity contribution in [2.24, 2.45) is 0 Å². The Kier molecular flexibility index (Phi) is 12.3. The Morgan fingerprint density at radius 1 is 1.16 bits per heavy atom. The molecule has 0 aromatic heterocycles. The maximum Gasteiger partial charge on any atom is 0.309 e. The van der Waals surface area contributed by atoms with Crippen molar-refractivity contribution >= 4 is 22.6 Å². The van der Waals surface area contributed by atoms with E-state index in [1.807, 2.05) is 21.1 Å². The van der Waals surface area contributed by atoms with Crippen LogP contribution < -0.4 is 15.5 Å². The molecule has 0 saturated carbocycles. The van der Waals surface area contributed by atoms with E-state index in [-0.39, 0.29) is 11.3 Å². The smallest absolute Gasteiger partial charge is 0.309 e. The zero-order chi connectivity index (χ0) is 20.3. The summed E-state index contributed by atoms with van der Waals surface area (Å²) in [7, 11) is 7.30. The average Bonchev–Trinajstić information content (AvgIpc) is 2.35. The first-order valence-corrected chi connectivity index (χ1v) is 7.70. The molecule has 10 nitrogen and oxygen atoms in total. The number of quaternary nitrogens is 1. The van der Waals surface area contributed by atoms with Crippen LogP contribution in [0.5, 0.6) is 0 Å². The third-order valence-electron chi connectivity index (χ3n) is 2.59. The number of carboxylic acids is 2. The zero-order valence-electron chi connectivity index (χ0n) is 14.6. The fourth-order valence-electron chi connectivity index (χ4n) is 1.30. The second kappa shape index (κ2) is 11.9. The molecule has 0 saturated heterocycles. The average molecular weight is 404 g/mol. The zero-order valence-corrected chi connectivity index (χ0v) is 15.7. The largest absolute Gasteiger partial charge is 0.550 e.